The number of carbonyl (C=O) groups excluding carboxylic acids is 1. The molecule has 0 aromatic carbocycles. The predicted molar refractivity (Wildman–Crippen MR) is 87.7 cm³/mol. The van der Waals surface area contributed by atoms with Crippen LogP contribution >= 0.6 is 0 Å². The van der Waals surface area contributed by atoms with Crippen molar-refractivity contribution in [1.29, 1.82) is 0 Å². The summed E-state index contributed by atoms with van der Waals surface area (Å²) in [6.07, 6.45) is 6.01. The number of hydrogen-bond acceptors (Lipinski definition) is 4. The highest BCUT2D eigenvalue weighted by atomic mass is 16.1. The van der Waals surface area contributed by atoms with E-state index < -0.39 is 0 Å². The van der Waals surface area contributed by atoms with Crippen molar-refractivity contribution in [2.45, 2.75) is 38.8 Å². The lowest BCUT2D eigenvalue weighted by Gasteiger charge is -2.32. The maximum Gasteiger partial charge on any atom is 0.226 e. The van der Waals surface area contributed by atoms with Gasteiger partial charge in [-0.3, -0.25) is 19.8 Å². The quantitative estimate of drug-likeness (QED) is 0.876. The molecular weight excluding hydrogens is 290 g/mol. The molecular formula is C17H23N5O. The molecule has 23 heavy (non-hydrogen) atoms. The van der Waals surface area contributed by atoms with Crippen LogP contribution in [0.15, 0.2) is 30.6 Å². The molecule has 1 fully saturated rings. The molecule has 2 N–H and O–H groups in total. The molecule has 0 radical (unpaired) electrons. The molecule has 1 aliphatic heterocycles. The van der Waals surface area contributed by atoms with Crippen molar-refractivity contribution in [1.82, 2.24) is 25.4 Å². The smallest absolute Gasteiger partial charge is 0.226 e. The van der Waals surface area contributed by atoms with E-state index in [9.17, 15) is 4.79 Å². The zero-order valence-electron chi connectivity index (χ0n) is 13.5. The highest BCUT2D eigenvalue weighted by Gasteiger charge is 2.21. The van der Waals surface area contributed by atoms with Crippen LogP contribution in [0.3, 0.4) is 0 Å². The molecule has 2 aromatic rings. The Bertz CT molecular complexity index is 631. The second-order valence-electron chi connectivity index (χ2n) is 6.19. The first-order valence-corrected chi connectivity index (χ1v) is 8.10. The van der Waals surface area contributed by atoms with Crippen LogP contribution < -0.4 is 5.32 Å². The summed E-state index contributed by atoms with van der Waals surface area (Å²) < 4.78 is 0. The van der Waals surface area contributed by atoms with Gasteiger partial charge in [-0.15, -0.1) is 0 Å². The van der Waals surface area contributed by atoms with Gasteiger partial charge >= 0.3 is 0 Å². The minimum absolute atomic E-state index is 0.0593. The van der Waals surface area contributed by atoms with Gasteiger partial charge in [0, 0.05) is 43.8 Å². The fourth-order valence-electron chi connectivity index (χ4n) is 2.99. The predicted octanol–water partition coefficient (Wildman–Crippen LogP) is 1.44. The lowest BCUT2D eigenvalue weighted by molar-refractivity contribution is -0.121. The summed E-state index contributed by atoms with van der Waals surface area (Å²) >= 11 is 0. The normalized spacial score (nSPS) is 16.4. The third-order valence-electron chi connectivity index (χ3n) is 4.21. The number of amides is 1. The summed E-state index contributed by atoms with van der Waals surface area (Å²) in [6.45, 7) is 4.91. The van der Waals surface area contributed by atoms with Crippen molar-refractivity contribution in [3.05, 3.63) is 47.5 Å². The Morgan fingerprint density at radius 2 is 2.09 bits per heavy atom. The fourth-order valence-corrected chi connectivity index (χ4v) is 2.99. The molecule has 2 aromatic heterocycles. The Hall–Kier alpha value is -2.21. The van der Waals surface area contributed by atoms with Crippen molar-refractivity contribution in [3.63, 3.8) is 0 Å². The fraction of sp³-hybridized carbons (Fsp3) is 0.471. The number of aryl methyl sites for hydroxylation is 1. The van der Waals surface area contributed by atoms with Crippen LogP contribution in [0.1, 0.15) is 29.8 Å². The van der Waals surface area contributed by atoms with Crippen molar-refractivity contribution in [3.8, 4) is 0 Å². The van der Waals surface area contributed by atoms with E-state index in [1.807, 2.05) is 25.4 Å². The van der Waals surface area contributed by atoms with Crippen LogP contribution in [-0.4, -0.2) is 45.1 Å². The first kappa shape index (κ1) is 15.7. The van der Waals surface area contributed by atoms with E-state index in [1.54, 1.807) is 0 Å². The second-order valence-corrected chi connectivity index (χ2v) is 6.19. The lowest BCUT2D eigenvalue weighted by Crippen LogP contribution is -2.44. The summed E-state index contributed by atoms with van der Waals surface area (Å²) in [5.41, 5.74) is 3.07. The number of aromatic nitrogens is 3. The number of nitrogens with one attached hydrogen (secondary N) is 2. The highest BCUT2D eigenvalue weighted by Crippen LogP contribution is 2.13. The van der Waals surface area contributed by atoms with Gasteiger partial charge in [0.1, 0.15) is 0 Å². The summed E-state index contributed by atoms with van der Waals surface area (Å²) in [5.74, 6) is 0.0593. The van der Waals surface area contributed by atoms with E-state index >= 15 is 0 Å². The minimum Gasteiger partial charge on any atom is -0.353 e. The van der Waals surface area contributed by atoms with E-state index in [4.69, 9.17) is 0 Å². The van der Waals surface area contributed by atoms with Crippen LogP contribution in [0.5, 0.6) is 0 Å². The Morgan fingerprint density at radius 3 is 2.74 bits per heavy atom. The molecule has 1 aliphatic rings. The van der Waals surface area contributed by atoms with Gasteiger partial charge in [0.05, 0.1) is 12.1 Å². The molecule has 0 unspecified atom stereocenters. The van der Waals surface area contributed by atoms with Crippen molar-refractivity contribution in [2.24, 2.45) is 0 Å². The Kier molecular flexibility index (Phi) is 5.02. The second kappa shape index (κ2) is 7.37. The van der Waals surface area contributed by atoms with Crippen LogP contribution in [0.25, 0.3) is 0 Å². The number of hydrogen-bond donors (Lipinski definition) is 2. The average molecular weight is 313 g/mol. The van der Waals surface area contributed by atoms with E-state index in [0.29, 0.717) is 6.42 Å². The monoisotopic (exact) mass is 313 g/mol. The van der Waals surface area contributed by atoms with Crippen molar-refractivity contribution >= 4 is 5.91 Å². The molecule has 6 nitrogen and oxygen atoms in total. The molecule has 0 spiro atoms. The van der Waals surface area contributed by atoms with Gasteiger partial charge in [-0.25, -0.2) is 0 Å². The third kappa shape index (κ3) is 4.63. The van der Waals surface area contributed by atoms with Crippen molar-refractivity contribution < 1.29 is 4.79 Å². The Morgan fingerprint density at radius 1 is 1.35 bits per heavy atom. The van der Waals surface area contributed by atoms with Crippen LogP contribution in [-0.2, 0) is 17.8 Å². The molecule has 3 rings (SSSR count). The topological polar surface area (TPSA) is 73.9 Å². The number of aromatic amines is 1. The van der Waals surface area contributed by atoms with E-state index in [0.717, 1.165) is 43.9 Å². The number of likely N-dealkylation sites (tertiary alicyclic amines) is 1. The number of H-pyrrole nitrogens is 1. The molecule has 0 aliphatic carbocycles. The summed E-state index contributed by atoms with van der Waals surface area (Å²) in [7, 11) is 0. The van der Waals surface area contributed by atoms with Crippen LogP contribution in [0.4, 0.5) is 0 Å². The van der Waals surface area contributed by atoms with Gasteiger partial charge in [-0.1, -0.05) is 0 Å². The molecule has 1 amide bonds. The first-order valence-electron chi connectivity index (χ1n) is 8.10. The Labute approximate surface area is 136 Å². The average Bonchev–Trinajstić information content (AvgIpc) is 2.95. The largest absolute Gasteiger partial charge is 0.353 e. The van der Waals surface area contributed by atoms with Crippen LogP contribution in [0.2, 0.25) is 0 Å². The van der Waals surface area contributed by atoms with E-state index in [2.05, 4.69) is 37.5 Å². The number of piperidine rings is 1. The third-order valence-corrected chi connectivity index (χ3v) is 4.21. The van der Waals surface area contributed by atoms with E-state index in [-0.39, 0.29) is 11.9 Å². The number of nitrogens with zero attached hydrogens (tertiary/aromatic N) is 3. The van der Waals surface area contributed by atoms with Gasteiger partial charge in [-0.05, 0) is 43.5 Å². The summed E-state index contributed by atoms with van der Waals surface area (Å²) in [6, 6.07) is 6.30. The highest BCUT2D eigenvalue weighted by molar-refractivity contribution is 5.78. The molecule has 6 heteroatoms. The molecule has 1 saturated heterocycles. The summed E-state index contributed by atoms with van der Waals surface area (Å²) in [4.78, 5) is 18.5. The zero-order chi connectivity index (χ0) is 16.1. The maximum atomic E-state index is 12.1. The molecule has 3 heterocycles. The number of pyridine rings is 1. The van der Waals surface area contributed by atoms with Crippen LogP contribution in [0, 0.1) is 6.92 Å². The Balaban J connectivity index is 1.41. The van der Waals surface area contributed by atoms with Gasteiger partial charge in [0.2, 0.25) is 5.91 Å². The molecule has 122 valence electrons. The van der Waals surface area contributed by atoms with Crippen molar-refractivity contribution in [2.75, 3.05) is 13.1 Å². The first-order chi connectivity index (χ1) is 11.2. The van der Waals surface area contributed by atoms with E-state index in [1.165, 1.54) is 5.56 Å². The van der Waals surface area contributed by atoms with Gasteiger partial charge < -0.3 is 5.32 Å². The zero-order valence-corrected chi connectivity index (χ0v) is 13.5. The van der Waals surface area contributed by atoms with Gasteiger partial charge in [0.15, 0.2) is 0 Å². The standard InChI is InChI=1S/C17H23N5O/c1-13-10-16(21-20-13)11-17(23)19-15-4-8-22(9-5-15)12-14-2-6-18-7-3-14/h2-3,6-7,10,15H,4-5,8-9,11-12H2,1H3,(H,19,23)(H,20,21). The molecule has 0 saturated carbocycles. The number of rotatable bonds is 5. The minimum atomic E-state index is 0.0593. The SMILES string of the molecule is Cc1cc(CC(=O)NC2CCN(Cc3ccncc3)CC2)n[nH]1. The number of carbonyl (C=O) groups is 1. The van der Waals surface area contributed by atoms with Gasteiger partial charge in [-0.2, -0.15) is 5.10 Å². The summed E-state index contributed by atoms with van der Waals surface area (Å²) in [5, 5.41) is 10.1. The lowest BCUT2D eigenvalue weighted by atomic mass is 10.0. The molecule has 0 atom stereocenters. The maximum absolute atomic E-state index is 12.1. The molecule has 0 bridgehead atoms. The van der Waals surface area contributed by atoms with Gasteiger partial charge in [0.25, 0.3) is 0 Å².